The average Bonchev–Trinajstić information content (AvgIpc) is 3.37. The Hall–Kier alpha value is -3.12. The molecular formula is C29H35N5O. The first-order valence-electron chi connectivity index (χ1n) is 13.1. The predicted octanol–water partition coefficient (Wildman–Crippen LogP) is 5.86. The smallest absolute Gasteiger partial charge is 0.319 e. The van der Waals surface area contributed by atoms with Gasteiger partial charge < -0.3 is 16.0 Å². The molecule has 35 heavy (non-hydrogen) atoms. The summed E-state index contributed by atoms with van der Waals surface area (Å²) in [7, 11) is 0. The molecule has 0 radical (unpaired) electrons. The first-order chi connectivity index (χ1) is 17.0. The summed E-state index contributed by atoms with van der Waals surface area (Å²) in [6.07, 6.45) is 6.80. The van der Waals surface area contributed by atoms with Crippen LogP contribution >= 0.6 is 0 Å². The van der Waals surface area contributed by atoms with E-state index in [9.17, 15) is 4.79 Å². The zero-order valence-electron chi connectivity index (χ0n) is 20.6. The van der Waals surface area contributed by atoms with E-state index in [0.717, 1.165) is 48.1 Å². The normalized spacial score (nSPS) is 25.6. The van der Waals surface area contributed by atoms with Gasteiger partial charge in [-0.1, -0.05) is 24.3 Å². The Morgan fingerprint density at radius 1 is 1.00 bits per heavy atom. The molecule has 0 spiro atoms. The molecule has 0 saturated carbocycles. The number of pyridine rings is 1. The van der Waals surface area contributed by atoms with Crippen molar-refractivity contribution in [1.82, 2.24) is 15.2 Å². The average molecular weight is 470 g/mol. The zero-order chi connectivity index (χ0) is 23.9. The SMILES string of the molecule is CC(C)N1[C@@H]2CC[C@H]1CC(NC(=O)Nc1ccc3nc(N[C@@H]4CCc5ccccc54)ccc3c1)C2. The van der Waals surface area contributed by atoms with Gasteiger partial charge in [0.1, 0.15) is 5.82 Å². The van der Waals surface area contributed by atoms with Crippen LogP contribution in [-0.4, -0.2) is 40.1 Å². The van der Waals surface area contributed by atoms with E-state index < -0.39 is 0 Å². The van der Waals surface area contributed by atoms with Crippen molar-refractivity contribution in [3.05, 3.63) is 65.7 Å². The number of piperidine rings is 1. The molecule has 1 aromatic heterocycles. The maximum atomic E-state index is 12.8. The molecule has 1 aliphatic carbocycles. The van der Waals surface area contributed by atoms with Crippen LogP contribution in [0.5, 0.6) is 0 Å². The number of carbonyl (C=O) groups is 1. The Kier molecular flexibility index (Phi) is 5.85. The monoisotopic (exact) mass is 469 g/mol. The molecule has 2 aromatic carbocycles. The summed E-state index contributed by atoms with van der Waals surface area (Å²) in [5.74, 6) is 0.889. The molecule has 4 atom stereocenters. The van der Waals surface area contributed by atoms with Crippen molar-refractivity contribution in [2.75, 3.05) is 10.6 Å². The molecule has 182 valence electrons. The first kappa shape index (κ1) is 22.4. The molecule has 6 heteroatoms. The summed E-state index contributed by atoms with van der Waals surface area (Å²) < 4.78 is 0. The van der Waals surface area contributed by atoms with Gasteiger partial charge in [-0.3, -0.25) is 4.90 Å². The van der Waals surface area contributed by atoms with Gasteiger partial charge >= 0.3 is 6.03 Å². The summed E-state index contributed by atoms with van der Waals surface area (Å²) in [5, 5.41) is 10.9. The van der Waals surface area contributed by atoms with Crippen LogP contribution < -0.4 is 16.0 Å². The maximum absolute atomic E-state index is 12.8. The number of aromatic nitrogens is 1. The second-order valence-electron chi connectivity index (χ2n) is 10.7. The van der Waals surface area contributed by atoms with Crippen LogP contribution in [0.3, 0.4) is 0 Å². The molecule has 3 aliphatic rings. The lowest BCUT2D eigenvalue weighted by molar-refractivity contribution is 0.0876. The van der Waals surface area contributed by atoms with Gasteiger partial charge in [0.15, 0.2) is 0 Å². The number of benzene rings is 2. The van der Waals surface area contributed by atoms with Crippen molar-refractivity contribution in [2.24, 2.45) is 0 Å². The number of hydrogen-bond donors (Lipinski definition) is 3. The highest BCUT2D eigenvalue weighted by molar-refractivity contribution is 5.93. The number of carbonyl (C=O) groups excluding carboxylic acids is 1. The van der Waals surface area contributed by atoms with E-state index in [2.05, 4.69) is 65.0 Å². The Balaban J connectivity index is 1.08. The molecule has 6 nitrogen and oxygen atoms in total. The van der Waals surface area contributed by atoms with Gasteiger partial charge in [0.25, 0.3) is 0 Å². The van der Waals surface area contributed by atoms with Gasteiger partial charge in [0.2, 0.25) is 0 Å². The molecular weight excluding hydrogens is 434 g/mol. The van der Waals surface area contributed by atoms with Crippen LogP contribution in [0.4, 0.5) is 16.3 Å². The van der Waals surface area contributed by atoms with Crippen LogP contribution in [0.1, 0.15) is 63.1 Å². The number of hydrogen-bond acceptors (Lipinski definition) is 4. The van der Waals surface area contributed by atoms with E-state index in [-0.39, 0.29) is 12.1 Å². The van der Waals surface area contributed by atoms with Crippen molar-refractivity contribution in [2.45, 2.75) is 82.6 Å². The number of rotatable bonds is 5. The number of fused-ring (bicyclic) bond motifs is 4. The second-order valence-corrected chi connectivity index (χ2v) is 10.7. The molecule has 2 amide bonds. The molecule has 1 unspecified atom stereocenters. The number of nitrogens with zero attached hydrogens (tertiary/aromatic N) is 2. The number of urea groups is 1. The lowest BCUT2D eigenvalue weighted by Crippen LogP contribution is -2.53. The van der Waals surface area contributed by atoms with Crippen molar-refractivity contribution >= 4 is 28.4 Å². The zero-order valence-corrected chi connectivity index (χ0v) is 20.6. The summed E-state index contributed by atoms with van der Waals surface area (Å²) in [5.41, 5.74) is 4.52. The highest BCUT2D eigenvalue weighted by atomic mass is 16.2. The number of nitrogens with one attached hydrogen (secondary N) is 3. The molecule has 3 heterocycles. The lowest BCUT2D eigenvalue weighted by Gasteiger charge is -2.41. The van der Waals surface area contributed by atoms with Crippen LogP contribution in [0.2, 0.25) is 0 Å². The molecule has 2 aliphatic heterocycles. The van der Waals surface area contributed by atoms with E-state index in [4.69, 9.17) is 4.98 Å². The summed E-state index contributed by atoms with van der Waals surface area (Å²) in [6.45, 7) is 4.57. The summed E-state index contributed by atoms with van der Waals surface area (Å²) in [4.78, 5) is 20.2. The predicted molar refractivity (Wildman–Crippen MR) is 142 cm³/mol. The van der Waals surface area contributed by atoms with Crippen LogP contribution in [0.15, 0.2) is 54.6 Å². The highest BCUT2D eigenvalue weighted by Crippen LogP contribution is 2.37. The van der Waals surface area contributed by atoms with E-state index in [0.29, 0.717) is 24.2 Å². The third kappa shape index (κ3) is 4.47. The van der Waals surface area contributed by atoms with E-state index in [1.165, 1.54) is 24.0 Å². The Morgan fingerprint density at radius 3 is 2.60 bits per heavy atom. The third-order valence-corrected chi connectivity index (χ3v) is 8.12. The Labute approximate surface area is 207 Å². The van der Waals surface area contributed by atoms with Crippen molar-refractivity contribution in [3.8, 4) is 0 Å². The van der Waals surface area contributed by atoms with Crippen molar-refractivity contribution in [3.63, 3.8) is 0 Å². The maximum Gasteiger partial charge on any atom is 0.319 e. The third-order valence-electron chi connectivity index (χ3n) is 8.12. The molecule has 6 rings (SSSR count). The van der Waals surface area contributed by atoms with Crippen LogP contribution in [0, 0.1) is 0 Å². The van der Waals surface area contributed by atoms with Gasteiger partial charge in [-0.25, -0.2) is 9.78 Å². The summed E-state index contributed by atoms with van der Waals surface area (Å²) >= 11 is 0. The summed E-state index contributed by atoms with van der Waals surface area (Å²) in [6, 6.07) is 20.9. The molecule has 3 aromatic rings. The number of aryl methyl sites for hydroxylation is 1. The Bertz CT molecular complexity index is 1230. The molecule has 3 N–H and O–H groups in total. The van der Waals surface area contributed by atoms with Crippen molar-refractivity contribution < 1.29 is 4.79 Å². The second kappa shape index (κ2) is 9.15. The van der Waals surface area contributed by atoms with Gasteiger partial charge in [0.05, 0.1) is 11.6 Å². The fourth-order valence-corrected chi connectivity index (χ4v) is 6.70. The number of anilines is 2. The highest BCUT2D eigenvalue weighted by Gasteiger charge is 2.42. The van der Waals surface area contributed by atoms with E-state index >= 15 is 0 Å². The number of amides is 2. The largest absolute Gasteiger partial charge is 0.363 e. The van der Waals surface area contributed by atoms with Crippen LogP contribution in [0.25, 0.3) is 10.9 Å². The van der Waals surface area contributed by atoms with Gasteiger partial charge in [-0.2, -0.15) is 0 Å². The molecule has 2 saturated heterocycles. The Morgan fingerprint density at radius 2 is 1.80 bits per heavy atom. The topological polar surface area (TPSA) is 69.3 Å². The van der Waals surface area contributed by atoms with E-state index in [1.807, 2.05) is 24.3 Å². The van der Waals surface area contributed by atoms with Gasteiger partial charge in [-0.05, 0) is 93.8 Å². The first-order valence-corrected chi connectivity index (χ1v) is 13.1. The minimum Gasteiger partial charge on any atom is -0.363 e. The minimum atomic E-state index is -0.113. The molecule has 2 fully saturated rings. The van der Waals surface area contributed by atoms with Crippen molar-refractivity contribution in [1.29, 1.82) is 0 Å². The minimum absolute atomic E-state index is 0.113. The standard InChI is InChI=1S/C29H35N5O/c1-18(2)34-23-10-11-24(34)17-22(16-23)31-29(35)30-21-9-13-26-20(15-21)8-14-28(32-26)33-27-12-7-19-5-3-4-6-25(19)27/h3-6,8-9,13-15,18,22-24,27H,7,10-12,16-17H2,1-2H3,(H,32,33)(H2,30,31,35)/t22?,23-,24+,27-/m1/s1. The fourth-order valence-electron chi connectivity index (χ4n) is 6.70. The van der Waals surface area contributed by atoms with Gasteiger partial charge in [0, 0.05) is 35.2 Å². The molecule has 2 bridgehead atoms. The van der Waals surface area contributed by atoms with E-state index in [1.54, 1.807) is 0 Å². The fraction of sp³-hybridized carbons (Fsp3) is 0.448. The lowest BCUT2D eigenvalue weighted by atomic mass is 9.96. The van der Waals surface area contributed by atoms with Gasteiger partial charge in [-0.15, -0.1) is 0 Å². The van der Waals surface area contributed by atoms with Crippen LogP contribution in [-0.2, 0) is 6.42 Å². The quantitative estimate of drug-likeness (QED) is 0.438.